The zero-order valence-corrected chi connectivity index (χ0v) is 12.1. The number of fused-ring (bicyclic) bond motifs is 1. The molecule has 90 valence electrons. The van der Waals surface area contributed by atoms with E-state index in [1.54, 1.807) is 0 Å². The second-order valence-electron chi connectivity index (χ2n) is 5.88. The molecule has 2 aromatic rings. The third-order valence-corrected chi connectivity index (χ3v) is 5.38. The first-order chi connectivity index (χ1) is 7.97. The second kappa shape index (κ2) is 3.59. The van der Waals surface area contributed by atoms with Crippen LogP contribution in [0.1, 0.15) is 24.3 Å². The van der Waals surface area contributed by atoms with Crippen molar-refractivity contribution in [2.24, 2.45) is 0 Å². The van der Waals surface area contributed by atoms with Crippen LogP contribution in [0.25, 0.3) is 11.1 Å². The third-order valence-electron chi connectivity index (χ3n) is 3.26. The summed E-state index contributed by atoms with van der Waals surface area (Å²) in [4.78, 5) is 4.48. The molecule has 2 aromatic heterocycles. The molecule has 0 N–H and O–H groups in total. The highest BCUT2D eigenvalue weighted by Gasteiger charge is 2.29. The largest absolute Gasteiger partial charge is 0.463 e. The Balaban J connectivity index is 2.19. The van der Waals surface area contributed by atoms with Gasteiger partial charge in [-0.05, 0) is 24.3 Å². The van der Waals surface area contributed by atoms with Gasteiger partial charge < -0.3 is 4.42 Å². The van der Waals surface area contributed by atoms with Crippen LogP contribution in [0.4, 0.5) is 0 Å². The summed E-state index contributed by atoms with van der Waals surface area (Å²) in [6.45, 7) is 6.79. The van der Waals surface area contributed by atoms with Crippen molar-refractivity contribution in [2.45, 2.75) is 38.4 Å². The molecule has 0 aliphatic heterocycles. The number of aromatic nitrogens is 1. The predicted octanol–water partition coefficient (Wildman–Crippen LogP) is 3.90. The molecular formula is C13H16ClNOSi. The lowest BCUT2D eigenvalue weighted by atomic mass is 10.2. The Morgan fingerprint density at radius 3 is 2.65 bits per heavy atom. The van der Waals surface area contributed by atoms with Crippen molar-refractivity contribution in [3.05, 3.63) is 22.8 Å². The lowest BCUT2D eigenvalue weighted by Gasteiger charge is -2.10. The Morgan fingerprint density at radius 1 is 1.35 bits per heavy atom. The number of nitrogens with zero attached hydrogens (tertiary/aromatic N) is 1. The Kier molecular flexibility index (Phi) is 2.39. The van der Waals surface area contributed by atoms with Gasteiger partial charge in [-0.15, -0.1) is 0 Å². The summed E-state index contributed by atoms with van der Waals surface area (Å²) in [6, 6.07) is 2.06. The molecular weight excluding hydrogens is 250 g/mol. The van der Waals surface area contributed by atoms with Gasteiger partial charge in [0.2, 0.25) is 0 Å². The highest BCUT2D eigenvalue weighted by atomic mass is 35.5. The average molecular weight is 266 g/mol. The predicted molar refractivity (Wildman–Crippen MR) is 74.0 cm³/mol. The van der Waals surface area contributed by atoms with Gasteiger partial charge in [0.05, 0.1) is 10.4 Å². The minimum Gasteiger partial charge on any atom is -0.463 e. The van der Waals surface area contributed by atoms with Crippen LogP contribution >= 0.6 is 11.6 Å². The van der Waals surface area contributed by atoms with Crippen molar-refractivity contribution in [1.29, 1.82) is 0 Å². The molecule has 3 rings (SSSR count). The average Bonchev–Trinajstić information content (AvgIpc) is 2.95. The normalized spacial score (nSPS) is 16.7. The fourth-order valence-corrected chi connectivity index (χ4v) is 3.33. The van der Waals surface area contributed by atoms with E-state index < -0.39 is 8.07 Å². The van der Waals surface area contributed by atoms with Crippen molar-refractivity contribution in [2.75, 3.05) is 0 Å². The summed E-state index contributed by atoms with van der Waals surface area (Å²) in [6.07, 6.45) is 4.38. The maximum atomic E-state index is 6.42. The lowest BCUT2D eigenvalue weighted by molar-refractivity contribution is 0.647. The topological polar surface area (TPSA) is 26.0 Å². The maximum Gasteiger partial charge on any atom is 0.170 e. The number of halogens is 1. The monoisotopic (exact) mass is 265 g/mol. The van der Waals surface area contributed by atoms with Crippen LogP contribution in [0, 0.1) is 0 Å². The summed E-state index contributed by atoms with van der Waals surface area (Å²) in [5.41, 5.74) is 2.85. The van der Waals surface area contributed by atoms with Gasteiger partial charge >= 0.3 is 0 Å². The molecule has 4 heteroatoms. The molecule has 1 saturated carbocycles. The van der Waals surface area contributed by atoms with Gasteiger partial charge in [0, 0.05) is 12.3 Å². The molecule has 17 heavy (non-hydrogen) atoms. The molecule has 0 bridgehead atoms. The second-order valence-corrected chi connectivity index (χ2v) is 11.2. The number of hydrogen-bond acceptors (Lipinski definition) is 2. The van der Waals surface area contributed by atoms with Gasteiger partial charge in [-0.3, -0.25) is 4.98 Å². The minimum absolute atomic E-state index is 0.611. The molecule has 0 atom stereocenters. The third kappa shape index (κ3) is 1.91. The van der Waals surface area contributed by atoms with E-state index in [2.05, 4.69) is 30.7 Å². The number of pyridine rings is 1. The van der Waals surface area contributed by atoms with Gasteiger partial charge in [0.15, 0.2) is 5.58 Å². The standard InChI is InChI=1S/C13H16ClNOSi/c1-17(2,3)11-6-10-13(16-11)12(14)9(7-15-10)8-4-5-8/h6-8H,4-5H2,1-3H3. The van der Waals surface area contributed by atoms with Gasteiger partial charge in [0.1, 0.15) is 13.6 Å². The lowest BCUT2D eigenvalue weighted by Crippen LogP contribution is -2.36. The molecule has 0 radical (unpaired) electrons. The molecule has 2 nitrogen and oxygen atoms in total. The van der Waals surface area contributed by atoms with Gasteiger partial charge in [0.25, 0.3) is 0 Å². The van der Waals surface area contributed by atoms with Crippen molar-refractivity contribution in [3.8, 4) is 0 Å². The number of furan rings is 1. The molecule has 0 unspecified atom stereocenters. The van der Waals surface area contributed by atoms with Gasteiger partial charge in [-0.1, -0.05) is 31.2 Å². The van der Waals surface area contributed by atoms with Crippen molar-refractivity contribution in [1.82, 2.24) is 4.98 Å². The van der Waals surface area contributed by atoms with E-state index in [0.717, 1.165) is 27.1 Å². The van der Waals surface area contributed by atoms with Crippen molar-refractivity contribution >= 4 is 36.2 Å². The molecule has 0 aromatic carbocycles. The summed E-state index contributed by atoms with van der Waals surface area (Å²) < 4.78 is 5.95. The Bertz CT molecular complexity index is 581. The maximum absolute atomic E-state index is 6.42. The number of rotatable bonds is 2. The van der Waals surface area contributed by atoms with Crippen LogP contribution in [0.2, 0.25) is 24.7 Å². The molecule has 2 heterocycles. The summed E-state index contributed by atoms with van der Waals surface area (Å²) in [5.74, 6) is 0.611. The quantitative estimate of drug-likeness (QED) is 0.770. The molecule has 1 aliphatic carbocycles. The first-order valence-electron chi connectivity index (χ1n) is 6.05. The summed E-state index contributed by atoms with van der Waals surface area (Å²) in [5, 5.41) is 1.86. The van der Waals surface area contributed by atoms with E-state index in [1.807, 2.05) is 6.20 Å². The first-order valence-corrected chi connectivity index (χ1v) is 9.93. The van der Waals surface area contributed by atoms with Crippen LogP contribution in [0.3, 0.4) is 0 Å². The van der Waals surface area contributed by atoms with Crippen molar-refractivity contribution in [3.63, 3.8) is 0 Å². The highest BCUT2D eigenvalue weighted by Crippen LogP contribution is 2.44. The summed E-state index contributed by atoms with van der Waals surface area (Å²) >= 11 is 6.42. The van der Waals surface area contributed by atoms with E-state index in [1.165, 1.54) is 12.8 Å². The molecule has 1 aliphatic rings. The smallest absolute Gasteiger partial charge is 0.170 e. The summed E-state index contributed by atoms with van der Waals surface area (Å²) in [7, 11) is -1.43. The fourth-order valence-electron chi connectivity index (χ4n) is 2.01. The Labute approximate surface area is 107 Å². The Morgan fingerprint density at radius 2 is 2.06 bits per heavy atom. The Hall–Kier alpha value is -0.803. The first kappa shape index (κ1) is 11.3. The fraction of sp³-hybridized carbons (Fsp3) is 0.462. The van der Waals surface area contributed by atoms with Gasteiger partial charge in [-0.2, -0.15) is 0 Å². The highest BCUT2D eigenvalue weighted by molar-refractivity contribution is 6.87. The van der Waals surface area contributed by atoms with Crippen LogP contribution in [-0.2, 0) is 0 Å². The number of hydrogen-bond donors (Lipinski definition) is 0. The van der Waals surface area contributed by atoms with E-state index >= 15 is 0 Å². The van der Waals surface area contributed by atoms with Crippen LogP contribution in [0.15, 0.2) is 16.7 Å². The van der Waals surface area contributed by atoms with E-state index in [0.29, 0.717) is 5.92 Å². The minimum atomic E-state index is -1.43. The van der Waals surface area contributed by atoms with Crippen LogP contribution in [0.5, 0.6) is 0 Å². The molecule has 1 fully saturated rings. The van der Waals surface area contributed by atoms with Crippen LogP contribution < -0.4 is 5.38 Å². The SMILES string of the molecule is C[Si](C)(C)c1cc2ncc(C3CC3)c(Cl)c2o1. The zero-order chi connectivity index (χ0) is 12.2. The molecule has 0 spiro atoms. The van der Waals surface area contributed by atoms with Gasteiger partial charge in [-0.25, -0.2) is 0 Å². The van der Waals surface area contributed by atoms with E-state index in [9.17, 15) is 0 Å². The van der Waals surface area contributed by atoms with Crippen molar-refractivity contribution < 1.29 is 4.42 Å². The molecule has 0 amide bonds. The molecule has 0 saturated heterocycles. The van der Waals surface area contributed by atoms with E-state index in [4.69, 9.17) is 16.0 Å². The van der Waals surface area contributed by atoms with E-state index in [-0.39, 0.29) is 0 Å². The van der Waals surface area contributed by atoms with Crippen LogP contribution in [-0.4, -0.2) is 13.1 Å². The zero-order valence-electron chi connectivity index (χ0n) is 10.4.